The predicted molar refractivity (Wildman–Crippen MR) is 91.3 cm³/mol. The molecule has 3 N–H and O–H groups in total. The molecule has 2 rings (SSSR count). The minimum Gasteiger partial charge on any atom is -0.395 e. The summed E-state index contributed by atoms with van der Waals surface area (Å²) in [6.45, 7) is 3.46. The van der Waals surface area contributed by atoms with Gasteiger partial charge in [0.1, 0.15) is 0 Å². The van der Waals surface area contributed by atoms with Gasteiger partial charge in [-0.1, -0.05) is 52.3 Å². The molecule has 0 aromatic heterocycles. The summed E-state index contributed by atoms with van der Waals surface area (Å²) in [5, 5.41) is 9.31. The Morgan fingerprint density at radius 1 is 1.19 bits per heavy atom. The van der Waals surface area contributed by atoms with Crippen LogP contribution in [0.15, 0.2) is 53.0 Å². The van der Waals surface area contributed by atoms with Crippen molar-refractivity contribution in [2.45, 2.75) is 19.5 Å². The van der Waals surface area contributed by atoms with Gasteiger partial charge in [0.05, 0.1) is 6.61 Å². The molecule has 21 heavy (non-hydrogen) atoms. The number of nitrogens with two attached hydrogens (primary N) is 1. The number of halogens is 1. The molecule has 0 fully saturated rings. The van der Waals surface area contributed by atoms with Gasteiger partial charge in [-0.2, -0.15) is 0 Å². The second-order valence-corrected chi connectivity index (χ2v) is 5.98. The van der Waals surface area contributed by atoms with Gasteiger partial charge in [0.25, 0.3) is 0 Å². The van der Waals surface area contributed by atoms with Crippen molar-refractivity contribution in [2.24, 2.45) is 5.73 Å². The van der Waals surface area contributed by atoms with Crippen LogP contribution < -0.4 is 10.6 Å². The van der Waals surface area contributed by atoms with Gasteiger partial charge in [0.15, 0.2) is 0 Å². The van der Waals surface area contributed by atoms with E-state index in [-0.39, 0.29) is 12.6 Å². The first kappa shape index (κ1) is 16.0. The van der Waals surface area contributed by atoms with Crippen molar-refractivity contribution >= 4 is 21.6 Å². The highest BCUT2D eigenvalue weighted by molar-refractivity contribution is 9.10. The van der Waals surface area contributed by atoms with Crippen molar-refractivity contribution in [1.29, 1.82) is 0 Å². The largest absolute Gasteiger partial charge is 0.395 e. The van der Waals surface area contributed by atoms with E-state index in [1.165, 1.54) is 5.56 Å². The first-order chi connectivity index (χ1) is 10.1. The fourth-order valence-corrected chi connectivity index (χ4v) is 3.03. The van der Waals surface area contributed by atoms with Crippen LogP contribution in [-0.2, 0) is 6.54 Å². The number of rotatable bonds is 6. The Bertz CT molecular complexity index is 572. The SMILES string of the molecule is CC(N)c1ccc(N(CCO)Cc2ccccc2)cc1Br. The molecule has 0 spiro atoms. The van der Waals surface area contributed by atoms with Crippen LogP contribution in [0.4, 0.5) is 5.69 Å². The summed E-state index contributed by atoms with van der Waals surface area (Å²) in [6.07, 6.45) is 0. The second-order valence-electron chi connectivity index (χ2n) is 5.13. The minimum absolute atomic E-state index is 0.00570. The Balaban J connectivity index is 2.24. The second kappa shape index (κ2) is 7.59. The molecule has 0 aliphatic rings. The molecule has 0 saturated carbocycles. The number of nitrogens with zero attached hydrogens (tertiary/aromatic N) is 1. The van der Waals surface area contributed by atoms with Crippen LogP contribution in [0.1, 0.15) is 24.1 Å². The Labute approximate surface area is 134 Å². The van der Waals surface area contributed by atoms with E-state index in [4.69, 9.17) is 5.73 Å². The molecule has 0 heterocycles. The van der Waals surface area contributed by atoms with E-state index < -0.39 is 0 Å². The zero-order valence-electron chi connectivity index (χ0n) is 12.2. The minimum atomic E-state index is -0.00570. The third-order valence-electron chi connectivity index (χ3n) is 3.43. The van der Waals surface area contributed by atoms with E-state index in [1.807, 2.05) is 31.2 Å². The monoisotopic (exact) mass is 348 g/mol. The quantitative estimate of drug-likeness (QED) is 0.840. The van der Waals surface area contributed by atoms with E-state index >= 15 is 0 Å². The van der Waals surface area contributed by atoms with E-state index in [0.29, 0.717) is 6.54 Å². The summed E-state index contributed by atoms with van der Waals surface area (Å²) < 4.78 is 1.01. The highest BCUT2D eigenvalue weighted by Crippen LogP contribution is 2.28. The molecule has 0 aliphatic heterocycles. The molecule has 2 aromatic carbocycles. The predicted octanol–water partition coefficient (Wildman–Crippen LogP) is 3.47. The number of hydrogen-bond donors (Lipinski definition) is 2. The van der Waals surface area contributed by atoms with Crippen molar-refractivity contribution in [2.75, 3.05) is 18.1 Å². The van der Waals surface area contributed by atoms with Gasteiger partial charge in [-0.25, -0.2) is 0 Å². The molecule has 112 valence electrons. The van der Waals surface area contributed by atoms with Crippen LogP contribution in [0.25, 0.3) is 0 Å². The lowest BCUT2D eigenvalue weighted by Gasteiger charge is -2.25. The zero-order valence-corrected chi connectivity index (χ0v) is 13.8. The lowest BCUT2D eigenvalue weighted by Crippen LogP contribution is -2.26. The Kier molecular flexibility index (Phi) is 5.79. The van der Waals surface area contributed by atoms with Crippen molar-refractivity contribution in [3.8, 4) is 0 Å². The molecule has 0 saturated heterocycles. The lowest BCUT2D eigenvalue weighted by molar-refractivity contribution is 0.301. The van der Waals surface area contributed by atoms with Crippen molar-refractivity contribution in [1.82, 2.24) is 0 Å². The van der Waals surface area contributed by atoms with Crippen LogP contribution in [0.5, 0.6) is 0 Å². The van der Waals surface area contributed by atoms with Crippen LogP contribution >= 0.6 is 15.9 Å². The Hall–Kier alpha value is -1.36. The normalized spacial score (nSPS) is 12.2. The van der Waals surface area contributed by atoms with E-state index in [2.05, 4.69) is 45.1 Å². The Morgan fingerprint density at radius 3 is 2.48 bits per heavy atom. The summed E-state index contributed by atoms with van der Waals surface area (Å²) in [4.78, 5) is 2.16. The summed E-state index contributed by atoms with van der Waals surface area (Å²) in [6, 6.07) is 16.4. The molecular formula is C17H21BrN2O. The molecule has 4 heteroatoms. The van der Waals surface area contributed by atoms with E-state index in [9.17, 15) is 5.11 Å². The number of anilines is 1. The van der Waals surface area contributed by atoms with Gasteiger partial charge in [-0.15, -0.1) is 0 Å². The summed E-state index contributed by atoms with van der Waals surface area (Å²) >= 11 is 3.58. The number of aliphatic hydroxyl groups is 1. The molecule has 1 unspecified atom stereocenters. The van der Waals surface area contributed by atoms with E-state index in [1.54, 1.807) is 0 Å². The zero-order chi connectivity index (χ0) is 15.2. The molecule has 1 atom stereocenters. The maximum absolute atomic E-state index is 9.31. The van der Waals surface area contributed by atoms with Crippen molar-refractivity contribution < 1.29 is 5.11 Å². The molecule has 0 radical (unpaired) electrons. The molecular weight excluding hydrogens is 328 g/mol. The molecule has 0 bridgehead atoms. The van der Waals surface area contributed by atoms with Crippen LogP contribution in [-0.4, -0.2) is 18.3 Å². The highest BCUT2D eigenvalue weighted by atomic mass is 79.9. The fourth-order valence-electron chi connectivity index (χ4n) is 2.31. The highest BCUT2D eigenvalue weighted by Gasteiger charge is 2.11. The smallest absolute Gasteiger partial charge is 0.0606 e. The molecule has 0 amide bonds. The van der Waals surface area contributed by atoms with Gasteiger partial charge < -0.3 is 15.7 Å². The van der Waals surface area contributed by atoms with Gasteiger partial charge in [0.2, 0.25) is 0 Å². The first-order valence-corrected chi connectivity index (χ1v) is 7.86. The standard InChI is InChI=1S/C17H21BrN2O/c1-13(19)16-8-7-15(11-17(16)18)20(9-10-21)12-14-5-3-2-4-6-14/h2-8,11,13,21H,9-10,12,19H2,1H3. The summed E-state index contributed by atoms with van der Waals surface area (Å²) in [5.74, 6) is 0. The maximum Gasteiger partial charge on any atom is 0.0606 e. The topological polar surface area (TPSA) is 49.5 Å². The third kappa shape index (κ3) is 4.30. The van der Waals surface area contributed by atoms with E-state index in [0.717, 1.165) is 22.3 Å². The molecule has 0 aliphatic carbocycles. The summed E-state index contributed by atoms with van der Waals surface area (Å²) in [7, 11) is 0. The maximum atomic E-state index is 9.31. The van der Waals surface area contributed by atoms with Gasteiger partial charge in [-0.3, -0.25) is 0 Å². The lowest BCUT2D eigenvalue weighted by atomic mass is 10.1. The molecule has 2 aromatic rings. The van der Waals surface area contributed by atoms with Gasteiger partial charge in [0, 0.05) is 29.3 Å². The number of aliphatic hydroxyl groups excluding tert-OH is 1. The fraction of sp³-hybridized carbons (Fsp3) is 0.294. The van der Waals surface area contributed by atoms with Crippen LogP contribution in [0.2, 0.25) is 0 Å². The third-order valence-corrected chi connectivity index (χ3v) is 4.11. The Morgan fingerprint density at radius 2 is 1.90 bits per heavy atom. The van der Waals surface area contributed by atoms with Crippen molar-refractivity contribution in [3.05, 3.63) is 64.1 Å². The molecule has 3 nitrogen and oxygen atoms in total. The average Bonchev–Trinajstić information content (AvgIpc) is 2.47. The average molecular weight is 349 g/mol. The summed E-state index contributed by atoms with van der Waals surface area (Å²) in [5.41, 5.74) is 9.32. The van der Waals surface area contributed by atoms with Crippen molar-refractivity contribution in [3.63, 3.8) is 0 Å². The first-order valence-electron chi connectivity index (χ1n) is 7.06. The van der Waals surface area contributed by atoms with Gasteiger partial charge >= 0.3 is 0 Å². The van der Waals surface area contributed by atoms with Crippen LogP contribution in [0, 0.1) is 0 Å². The van der Waals surface area contributed by atoms with Crippen LogP contribution in [0.3, 0.4) is 0 Å². The number of benzene rings is 2. The number of hydrogen-bond acceptors (Lipinski definition) is 3. The van der Waals surface area contributed by atoms with Gasteiger partial charge in [-0.05, 0) is 30.2 Å².